The van der Waals surface area contributed by atoms with Crippen molar-refractivity contribution in [2.45, 2.75) is 13.5 Å². The Balaban J connectivity index is 2.03. The lowest BCUT2D eigenvalue weighted by Crippen LogP contribution is -2.27. The molecule has 2 aromatic rings. The van der Waals surface area contributed by atoms with Crippen LogP contribution in [0.2, 0.25) is 0 Å². The van der Waals surface area contributed by atoms with Crippen LogP contribution in [0.1, 0.15) is 23.0 Å². The van der Waals surface area contributed by atoms with Gasteiger partial charge in [0.05, 0.1) is 12.4 Å². The molecule has 0 aliphatic rings. The van der Waals surface area contributed by atoms with Crippen molar-refractivity contribution in [2.24, 2.45) is 0 Å². The molecule has 1 heterocycles. The molecule has 5 nitrogen and oxygen atoms in total. The summed E-state index contributed by atoms with van der Waals surface area (Å²) in [6, 6.07) is 9.85. The number of nitrogens with one attached hydrogen (secondary N) is 1. The van der Waals surface area contributed by atoms with Crippen LogP contribution in [0.4, 0.5) is 5.82 Å². The van der Waals surface area contributed by atoms with E-state index in [9.17, 15) is 4.79 Å². The quantitative estimate of drug-likeness (QED) is 0.904. The molecule has 5 heteroatoms. The van der Waals surface area contributed by atoms with Crippen molar-refractivity contribution in [3.8, 4) is 0 Å². The summed E-state index contributed by atoms with van der Waals surface area (Å²) in [7, 11) is 1.76. The number of anilines is 1. The first kappa shape index (κ1) is 14.0. The topological polar surface area (TPSA) is 58.1 Å². The van der Waals surface area contributed by atoms with Crippen LogP contribution in [-0.4, -0.2) is 34.4 Å². The third-order valence-electron chi connectivity index (χ3n) is 2.84. The van der Waals surface area contributed by atoms with Gasteiger partial charge in [0.25, 0.3) is 5.91 Å². The Hall–Kier alpha value is -2.43. The van der Waals surface area contributed by atoms with Gasteiger partial charge in [0.1, 0.15) is 11.5 Å². The van der Waals surface area contributed by atoms with E-state index in [1.54, 1.807) is 18.1 Å². The van der Waals surface area contributed by atoms with Crippen LogP contribution in [0.25, 0.3) is 0 Å². The zero-order valence-electron chi connectivity index (χ0n) is 11.7. The molecule has 0 saturated carbocycles. The van der Waals surface area contributed by atoms with E-state index in [0.29, 0.717) is 18.1 Å². The van der Waals surface area contributed by atoms with Crippen molar-refractivity contribution in [3.05, 3.63) is 54.0 Å². The largest absolute Gasteiger partial charge is 0.369 e. The van der Waals surface area contributed by atoms with Gasteiger partial charge in [0.2, 0.25) is 0 Å². The molecule has 0 spiro atoms. The van der Waals surface area contributed by atoms with Gasteiger partial charge in [-0.25, -0.2) is 9.97 Å². The fourth-order valence-corrected chi connectivity index (χ4v) is 1.84. The highest BCUT2D eigenvalue weighted by Gasteiger charge is 2.13. The van der Waals surface area contributed by atoms with Gasteiger partial charge in [-0.15, -0.1) is 0 Å². The number of carbonyl (C=O) groups excluding carboxylic acids is 1. The fraction of sp³-hybridized carbons (Fsp3) is 0.267. The van der Waals surface area contributed by atoms with Crippen molar-refractivity contribution >= 4 is 11.7 Å². The SMILES string of the molecule is CCNc1cnc(C(=O)N(C)Cc2ccccc2)cn1. The first-order chi connectivity index (χ1) is 9.70. The third kappa shape index (κ3) is 3.54. The van der Waals surface area contributed by atoms with Crippen molar-refractivity contribution in [1.82, 2.24) is 14.9 Å². The number of hydrogen-bond donors (Lipinski definition) is 1. The van der Waals surface area contributed by atoms with Gasteiger partial charge in [-0.1, -0.05) is 30.3 Å². The van der Waals surface area contributed by atoms with E-state index in [-0.39, 0.29) is 5.91 Å². The highest BCUT2D eigenvalue weighted by molar-refractivity contribution is 5.91. The highest BCUT2D eigenvalue weighted by atomic mass is 16.2. The van der Waals surface area contributed by atoms with Gasteiger partial charge >= 0.3 is 0 Å². The molecule has 0 bridgehead atoms. The summed E-state index contributed by atoms with van der Waals surface area (Å²) in [6.07, 6.45) is 3.08. The molecule has 1 aromatic carbocycles. The molecule has 1 aromatic heterocycles. The number of carbonyl (C=O) groups is 1. The van der Waals surface area contributed by atoms with Gasteiger partial charge in [0, 0.05) is 20.1 Å². The fourth-order valence-electron chi connectivity index (χ4n) is 1.84. The van der Waals surface area contributed by atoms with Crippen LogP contribution in [0.15, 0.2) is 42.7 Å². The minimum atomic E-state index is -0.135. The maximum Gasteiger partial charge on any atom is 0.274 e. The highest BCUT2D eigenvalue weighted by Crippen LogP contribution is 2.07. The summed E-state index contributed by atoms with van der Waals surface area (Å²) >= 11 is 0. The Kier molecular flexibility index (Phi) is 4.65. The van der Waals surface area contributed by atoms with Crippen LogP contribution < -0.4 is 5.32 Å². The van der Waals surface area contributed by atoms with E-state index in [2.05, 4.69) is 15.3 Å². The van der Waals surface area contributed by atoms with Gasteiger partial charge in [-0.3, -0.25) is 4.79 Å². The van der Waals surface area contributed by atoms with Gasteiger partial charge < -0.3 is 10.2 Å². The molecule has 0 radical (unpaired) electrons. The number of rotatable bonds is 5. The lowest BCUT2D eigenvalue weighted by molar-refractivity contribution is 0.0779. The number of hydrogen-bond acceptors (Lipinski definition) is 4. The number of nitrogens with zero attached hydrogens (tertiary/aromatic N) is 3. The van der Waals surface area contributed by atoms with E-state index < -0.39 is 0 Å². The van der Waals surface area contributed by atoms with E-state index >= 15 is 0 Å². The molecule has 0 fully saturated rings. The maximum absolute atomic E-state index is 12.2. The second kappa shape index (κ2) is 6.65. The molecule has 0 aliphatic heterocycles. The zero-order chi connectivity index (χ0) is 14.4. The normalized spacial score (nSPS) is 10.1. The summed E-state index contributed by atoms with van der Waals surface area (Å²) in [5.74, 6) is 0.541. The van der Waals surface area contributed by atoms with Crippen molar-refractivity contribution in [1.29, 1.82) is 0 Å². The van der Waals surface area contributed by atoms with Crippen LogP contribution >= 0.6 is 0 Å². The average molecular weight is 270 g/mol. The van der Waals surface area contributed by atoms with Crippen LogP contribution in [0.3, 0.4) is 0 Å². The van der Waals surface area contributed by atoms with E-state index in [1.165, 1.54) is 6.20 Å². The lowest BCUT2D eigenvalue weighted by Gasteiger charge is -2.16. The Labute approximate surface area is 118 Å². The molecule has 1 N–H and O–H groups in total. The summed E-state index contributed by atoms with van der Waals surface area (Å²) in [5.41, 5.74) is 1.44. The molecule has 20 heavy (non-hydrogen) atoms. The average Bonchev–Trinajstić information content (AvgIpc) is 2.48. The first-order valence-electron chi connectivity index (χ1n) is 6.56. The number of benzene rings is 1. The smallest absolute Gasteiger partial charge is 0.274 e. The Morgan fingerprint density at radius 3 is 2.55 bits per heavy atom. The monoisotopic (exact) mass is 270 g/mol. The van der Waals surface area contributed by atoms with Crippen LogP contribution in [0.5, 0.6) is 0 Å². The summed E-state index contributed by atoms with van der Waals surface area (Å²) in [5, 5.41) is 3.04. The molecule has 0 saturated heterocycles. The van der Waals surface area contributed by atoms with Crippen molar-refractivity contribution < 1.29 is 4.79 Å². The number of amides is 1. The summed E-state index contributed by atoms with van der Waals surface area (Å²) < 4.78 is 0. The Bertz CT molecular complexity index is 554. The minimum Gasteiger partial charge on any atom is -0.369 e. The van der Waals surface area contributed by atoms with Gasteiger partial charge in [-0.05, 0) is 12.5 Å². The van der Waals surface area contributed by atoms with Gasteiger partial charge in [-0.2, -0.15) is 0 Å². The molecule has 2 rings (SSSR count). The molecule has 104 valence electrons. The third-order valence-corrected chi connectivity index (χ3v) is 2.84. The molecular formula is C15H18N4O. The first-order valence-corrected chi connectivity index (χ1v) is 6.56. The lowest BCUT2D eigenvalue weighted by atomic mass is 10.2. The Morgan fingerprint density at radius 1 is 1.20 bits per heavy atom. The maximum atomic E-state index is 12.2. The van der Waals surface area contributed by atoms with E-state index in [1.807, 2.05) is 37.3 Å². The van der Waals surface area contributed by atoms with Crippen molar-refractivity contribution in [2.75, 3.05) is 18.9 Å². The van der Waals surface area contributed by atoms with E-state index in [4.69, 9.17) is 0 Å². The Morgan fingerprint density at radius 2 is 1.95 bits per heavy atom. The minimum absolute atomic E-state index is 0.135. The number of aromatic nitrogens is 2. The second-order valence-corrected chi connectivity index (χ2v) is 4.46. The predicted molar refractivity (Wildman–Crippen MR) is 78.4 cm³/mol. The standard InChI is InChI=1S/C15H18N4O/c1-3-16-14-10-17-13(9-18-14)15(20)19(2)11-12-7-5-4-6-8-12/h4-10H,3,11H2,1-2H3,(H,16,18). The zero-order valence-corrected chi connectivity index (χ0v) is 11.7. The summed E-state index contributed by atoms with van der Waals surface area (Å²) in [6.45, 7) is 3.31. The molecule has 0 aliphatic carbocycles. The van der Waals surface area contributed by atoms with Crippen LogP contribution in [0, 0.1) is 0 Å². The molecule has 0 unspecified atom stereocenters. The molecular weight excluding hydrogens is 252 g/mol. The molecule has 0 atom stereocenters. The van der Waals surface area contributed by atoms with Crippen molar-refractivity contribution in [3.63, 3.8) is 0 Å². The van der Waals surface area contributed by atoms with E-state index in [0.717, 1.165) is 12.1 Å². The molecule has 1 amide bonds. The summed E-state index contributed by atoms with van der Waals surface area (Å²) in [4.78, 5) is 22.2. The van der Waals surface area contributed by atoms with Crippen LogP contribution in [-0.2, 0) is 6.54 Å². The van der Waals surface area contributed by atoms with Gasteiger partial charge in [0.15, 0.2) is 0 Å². The predicted octanol–water partition coefficient (Wildman–Crippen LogP) is 2.18. The second-order valence-electron chi connectivity index (χ2n) is 4.46.